The molecule has 0 radical (unpaired) electrons. The van der Waals surface area contributed by atoms with E-state index in [0.29, 0.717) is 6.54 Å². The maximum Gasteiger partial charge on any atom is 0.242 e. The standard InChI is InChI=1S/C20H24N2O3/c1-24-17-10-9-16-14-22(11-5-6-15(16)12-17)20(23)13-21-18-7-3-4-8-19(18)25-2/h3-4,7-10,12,21H,5-6,11,13-14H2,1-2H3. The molecule has 0 fully saturated rings. The Kier molecular flexibility index (Phi) is 5.43. The lowest BCUT2D eigenvalue weighted by molar-refractivity contribution is -0.129. The smallest absolute Gasteiger partial charge is 0.242 e. The van der Waals surface area contributed by atoms with E-state index >= 15 is 0 Å². The van der Waals surface area contributed by atoms with E-state index in [2.05, 4.69) is 17.4 Å². The Morgan fingerprint density at radius 1 is 1.12 bits per heavy atom. The van der Waals surface area contributed by atoms with Crippen molar-refractivity contribution in [2.24, 2.45) is 0 Å². The van der Waals surface area contributed by atoms with Crippen LogP contribution in [0.5, 0.6) is 11.5 Å². The molecule has 3 rings (SSSR count). The molecular formula is C20H24N2O3. The molecule has 1 aliphatic rings. The number of hydrogen-bond donors (Lipinski definition) is 1. The van der Waals surface area contributed by atoms with Gasteiger partial charge < -0.3 is 19.7 Å². The van der Waals surface area contributed by atoms with Gasteiger partial charge in [-0.15, -0.1) is 0 Å². The number of rotatable bonds is 5. The largest absolute Gasteiger partial charge is 0.497 e. The molecule has 0 aliphatic carbocycles. The SMILES string of the molecule is COc1ccc2c(c1)CCCN(C(=O)CNc1ccccc1OC)C2. The molecule has 0 aromatic heterocycles. The fourth-order valence-electron chi connectivity index (χ4n) is 3.15. The maximum atomic E-state index is 12.7. The van der Waals surface area contributed by atoms with Crippen LogP contribution in [0.25, 0.3) is 0 Å². The van der Waals surface area contributed by atoms with Crippen molar-refractivity contribution in [3.8, 4) is 11.5 Å². The average Bonchev–Trinajstić information content (AvgIpc) is 2.88. The monoisotopic (exact) mass is 340 g/mol. The number of anilines is 1. The normalized spacial score (nSPS) is 13.6. The summed E-state index contributed by atoms with van der Waals surface area (Å²) in [7, 11) is 3.31. The molecule has 1 heterocycles. The van der Waals surface area contributed by atoms with Crippen LogP contribution in [-0.4, -0.2) is 38.1 Å². The van der Waals surface area contributed by atoms with Gasteiger partial charge in [0.15, 0.2) is 0 Å². The predicted molar refractivity (Wildman–Crippen MR) is 98.2 cm³/mol. The highest BCUT2D eigenvalue weighted by atomic mass is 16.5. The van der Waals surface area contributed by atoms with Crippen LogP contribution in [0.15, 0.2) is 42.5 Å². The van der Waals surface area contributed by atoms with Crippen molar-refractivity contribution in [1.82, 2.24) is 4.90 Å². The van der Waals surface area contributed by atoms with Crippen molar-refractivity contribution >= 4 is 11.6 Å². The van der Waals surface area contributed by atoms with Gasteiger partial charge in [0.05, 0.1) is 26.5 Å². The third-order valence-corrected chi connectivity index (χ3v) is 4.54. The van der Waals surface area contributed by atoms with Crippen molar-refractivity contribution in [2.75, 3.05) is 32.6 Å². The Hall–Kier alpha value is -2.69. The number of hydrogen-bond acceptors (Lipinski definition) is 4. The summed E-state index contributed by atoms with van der Waals surface area (Å²) in [6, 6.07) is 13.7. The van der Waals surface area contributed by atoms with Gasteiger partial charge in [0, 0.05) is 13.1 Å². The summed E-state index contributed by atoms with van der Waals surface area (Å²) in [5.41, 5.74) is 3.30. The van der Waals surface area contributed by atoms with Crippen LogP contribution in [0.2, 0.25) is 0 Å². The topological polar surface area (TPSA) is 50.8 Å². The molecule has 132 valence electrons. The fraction of sp³-hybridized carbons (Fsp3) is 0.350. The number of carbonyl (C=O) groups is 1. The fourth-order valence-corrected chi connectivity index (χ4v) is 3.15. The highest BCUT2D eigenvalue weighted by molar-refractivity contribution is 5.81. The zero-order valence-corrected chi connectivity index (χ0v) is 14.7. The zero-order valence-electron chi connectivity index (χ0n) is 14.7. The van der Waals surface area contributed by atoms with Crippen molar-refractivity contribution < 1.29 is 14.3 Å². The van der Waals surface area contributed by atoms with Crippen molar-refractivity contribution in [1.29, 1.82) is 0 Å². The van der Waals surface area contributed by atoms with E-state index in [1.807, 2.05) is 35.2 Å². The summed E-state index contributed by atoms with van der Waals surface area (Å²) in [5, 5.41) is 3.19. The summed E-state index contributed by atoms with van der Waals surface area (Å²) in [6.07, 6.45) is 1.93. The molecule has 0 bridgehead atoms. The van der Waals surface area contributed by atoms with Crippen LogP contribution in [0.4, 0.5) is 5.69 Å². The predicted octanol–water partition coefficient (Wildman–Crippen LogP) is 3.09. The van der Waals surface area contributed by atoms with Crippen LogP contribution in [0.1, 0.15) is 17.5 Å². The van der Waals surface area contributed by atoms with Gasteiger partial charge in [-0.25, -0.2) is 0 Å². The van der Waals surface area contributed by atoms with Crippen molar-refractivity contribution in [3.63, 3.8) is 0 Å². The van der Waals surface area contributed by atoms with E-state index in [1.165, 1.54) is 11.1 Å². The van der Waals surface area contributed by atoms with E-state index in [0.717, 1.165) is 36.6 Å². The summed E-state index contributed by atoms with van der Waals surface area (Å²) < 4.78 is 10.6. The molecule has 1 N–H and O–H groups in total. The Morgan fingerprint density at radius 3 is 2.76 bits per heavy atom. The first kappa shape index (κ1) is 17.1. The van der Waals surface area contributed by atoms with Gasteiger partial charge >= 0.3 is 0 Å². The van der Waals surface area contributed by atoms with Crippen molar-refractivity contribution in [2.45, 2.75) is 19.4 Å². The van der Waals surface area contributed by atoms with E-state index in [9.17, 15) is 4.79 Å². The molecule has 1 aliphatic heterocycles. The molecule has 5 nitrogen and oxygen atoms in total. The van der Waals surface area contributed by atoms with Gasteiger partial charge in [-0.3, -0.25) is 4.79 Å². The Morgan fingerprint density at radius 2 is 1.96 bits per heavy atom. The minimum atomic E-state index is 0.0922. The van der Waals surface area contributed by atoms with Gasteiger partial charge in [0.2, 0.25) is 5.91 Å². The number of nitrogens with zero attached hydrogens (tertiary/aromatic N) is 1. The quantitative estimate of drug-likeness (QED) is 0.909. The lowest BCUT2D eigenvalue weighted by Crippen LogP contribution is -2.35. The second-order valence-electron chi connectivity index (χ2n) is 6.11. The third-order valence-electron chi connectivity index (χ3n) is 4.54. The minimum Gasteiger partial charge on any atom is -0.497 e. The number of amides is 1. The Balaban J connectivity index is 1.66. The number of fused-ring (bicyclic) bond motifs is 1. The van der Waals surface area contributed by atoms with Crippen LogP contribution >= 0.6 is 0 Å². The number of aryl methyl sites for hydroxylation is 1. The first-order valence-electron chi connectivity index (χ1n) is 8.51. The van der Waals surface area contributed by atoms with Gasteiger partial charge in [-0.2, -0.15) is 0 Å². The summed E-state index contributed by atoms with van der Waals surface area (Å²) in [6.45, 7) is 1.67. The van der Waals surface area contributed by atoms with E-state index in [1.54, 1.807) is 14.2 Å². The number of methoxy groups -OCH3 is 2. The maximum absolute atomic E-state index is 12.7. The van der Waals surface area contributed by atoms with E-state index in [4.69, 9.17) is 9.47 Å². The van der Waals surface area contributed by atoms with Crippen LogP contribution in [0.3, 0.4) is 0 Å². The molecule has 0 saturated carbocycles. The highest BCUT2D eigenvalue weighted by Gasteiger charge is 2.19. The second kappa shape index (κ2) is 7.92. The number of nitrogens with one attached hydrogen (secondary N) is 1. The molecule has 2 aromatic carbocycles. The van der Waals surface area contributed by atoms with Crippen LogP contribution in [-0.2, 0) is 17.8 Å². The van der Waals surface area contributed by atoms with E-state index in [-0.39, 0.29) is 12.5 Å². The van der Waals surface area contributed by atoms with Gasteiger partial charge in [0.1, 0.15) is 11.5 Å². The second-order valence-corrected chi connectivity index (χ2v) is 6.11. The number of para-hydroxylation sites is 2. The first-order valence-corrected chi connectivity index (χ1v) is 8.51. The van der Waals surface area contributed by atoms with Gasteiger partial charge in [0.25, 0.3) is 0 Å². The molecule has 2 aromatic rings. The van der Waals surface area contributed by atoms with E-state index < -0.39 is 0 Å². The minimum absolute atomic E-state index is 0.0922. The zero-order chi connectivity index (χ0) is 17.6. The average molecular weight is 340 g/mol. The molecule has 25 heavy (non-hydrogen) atoms. The van der Waals surface area contributed by atoms with Crippen LogP contribution < -0.4 is 14.8 Å². The molecule has 0 unspecified atom stereocenters. The van der Waals surface area contributed by atoms with Crippen molar-refractivity contribution in [3.05, 3.63) is 53.6 Å². The number of ether oxygens (including phenoxy) is 2. The molecule has 0 saturated heterocycles. The Labute approximate surface area is 148 Å². The van der Waals surface area contributed by atoms with Crippen LogP contribution in [0, 0.1) is 0 Å². The Bertz CT molecular complexity index is 745. The lowest BCUT2D eigenvalue weighted by atomic mass is 10.0. The van der Waals surface area contributed by atoms with Gasteiger partial charge in [-0.1, -0.05) is 18.2 Å². The number of benzene rings is 2. The summed E-state index contributed by atoms with van der Waals surface area (Å²) in [4.78, 5) is 14.6. The third kappa shape index (κ3) is 4.05. The first-order chi connectivity index (χ1) is 12.2. The molecule has 0 atom stereocenters. The molecule has 1 amide bonds. The molecule has 5 heteroatoms. The van der Waals surface area contributed by atoms with Gasteiger partial charge in [-0.05, 0) is 48.2 Å². The molecular weight excluding hydrogens is 316 g/mol. The highest BCUT2D eigenvalue weighted by Crippen LogP contribution is 2.25. The number of carbonyl (C=O) groups excluding carboxylic acids is 1. The summed E-state index contributed by atoms with van der Waals surface area (Å²) in [5.74, 6) is 1.70. The molecule has 0 spiro atoms. The lowest BCUT2D eigenvalue weighted by Gasteiger charge is -2.22. The summed E-state index contributed by atoms with van der Waals surface area (Å²) >= 11 is 0.